The molecular weight excluding hydrogens is 398 g/mol. The van der Waals surface area contributed by atoms with Crippen LogP contribution in [-0.2, 0) is 11.3 Å². The largest absolute Gasteiger partial charge is 0.480 e. The Morgan fingerprint density at radius 3 is 2.50 bits per heavy atom. The number of aromatic nitrogens is 1. The van der Waals surface area contributed by atoms with E-state index < -0.39 is 35.1 Å². The van der Waals surface area contributed by atoms with Crippen LogP contribution < -0.4 is 16.2 Å². The normalized spacial score (nSPS) is 11.6. The molecule has 0 aliphatic rings. The zero-order chi connectivity index (χ0) is 22.3. The second-order valence-electron chi connectivity index (χ2n) is 6.69. The van der Waals surface area contributed by atoms with Gasteiger partial charge in [0.2, 0.25) is 0 Å². The number of benzene rings is 1. The van der Waals surface area contributed by atoms with Crippen LogP contribution in [0.25, 0.3) is 0 Å². The third-order valence-electron chi connectivity index (χ3n) is 4.20. The Kier molecular flexibility index (Phi) is 7.79. The third kappa shape index (κ3) is 6.50. The molecule has 1 aromatic heterocycles. The number of amidine groups is 1. The molecular formula is C20H22F2N4O4. The van der Waals surface area contributed by atoms with Crippen molar-refractivity contribution in [1.82, 2.24) is 15.2 Å². The number of carbonyl (C=O) groups excluding carboxylic acids is 1. The van der Waals surface area contributed by atoms with Gasteiger partial charge >= 0.3 is 5.97 Å². The van der Waals surface area contributed by atoms with E-state index >= 15 is 0 Å². The molecule has 30 heavy (non-hydrogen) atoms. The molecule has 0 unspecified atom stereocenters. The van der Waals surface area contributed by atoms with E-state index in [0.717, 1.165) is 16.7 Å². The van der Waals surface area contributed by atoms with Crippen LogP contribution in [0.15, 0.2) is 41.3 Å². The summed E-state index contributed by atoms with van der Waals surface area (Å²) in [5, 5.41) is 21.6. The maximum Gasteiger partial charge on any atom is 0.326 e. The third-order valence-corrected chi connectivity index (χ3v) is 4.20. The van der Waals surface area contributed by atoms with Gasteiger partial charge in [0.05, 0.1) is 12.4 Å². The zero-order valence-corrected chi connectivity index (χ0v) is 16.2. The molecule has 0 bridgehead atoms. The van der Waals surface area contributed by atoms with Crippen molar-refractivity contribution in [2.24, 2.45) is 0 Å². The van der Waals surface area contributed by atoms with Crippen molar-refractivity contribution in [3.63, 3.8) is 0 Å². The number of pyridine rings is 1. The lowest BCUT2D eigenvalue weighted by Gasteiger charge is -2.15. The van der Waals surface area contributed by atoms with Crippen LogP contribution in [0.2, 0.25) is 0 Å². The maximum atomic E-state index is 13.4. The Bertz CT molecular complexity index is 986. The minimum atomic E-state index is -1.25. The molecule has 0 fully saturated rings. The quantitative estimate of drug-likeness (QED) is 0.279. The molecule has 0 aliphatic carbocycles. The second kappa shape index (κ2) is 10.3. The molecule has 10 heteroatoms. The molecule has 2 rings (SSSR count). The Hall–Kier alpha value is -3.56. The molecule has 1 atom stereocenters. The van der Waals surface area contributed by atoms with Gasteiger partial charge in [0.25, 0.3) is 11.5 Å². The summed E-state index contributed by atoms with van der Waals surface area (Å²) in [6.45, 7) is 1.76. The van der Waals surface area contributed by atoms with Gasteiger partial charge in [0, 0.05) is 18.8 Å². The van der Waals surface area contributed by atoms with Crippen molar-refractivity contribution in [3.05, 3.63) is 69.6 Å². The Morgan fingerprint density at radius 2 is 1.90 bits per heavy atom. The van der Waals surface area contributed by atoms with E-state index in [9.17, 15) is 28.3 Å². The van der Waals surface area contributed by atoms with Crippen LogP contribution in [0.3, 0.4) is 0 Å². The topological polar surface area (TPSA) is 124 Å². The van der Waals surface area contributed by atoms with Gasteiger partial charge in [0.1, 0.15) is 23.2 Å². The Morgan fingerprint density at radius 1 is 1.23 bits per heavy atom. The number of carboxylic acid groups (broad SMARTS) is 1. The van der Waals surface area contributed by atoms with Crippen LogP contribution >= 0.6 is 0 Å². The van der Waals surface area contributed by atoms with Gasteiger partial charge in [-0.25, -0.2) is 13.6 Å². The molecule has 0 radical (unpaired) electrons. The first kappa shape index (κ1) is 22.7. The fraction of sp³-hybridized carbons (Fsp3) is 0.300. The van der Waals surface area contributed by atoms with Gasteiger partial charge in [-0.05, 0) is 49.6 Å². The average Bonchev–Trinajstić information content (AvgIpc) is 2.64. The number of hydrogen-bond donors (Lipinski definition) is 4. The second-order valence-corrected chi connectivity index (χ2v) is 6.69. The van der Waals surface area contributed by atoms with Gasteiger partial charge in [0.15, 0.2) is 0 Å². The van der Waals surface area contributed by atoms with E-state index in [1.807, 2.05) is 0 Å². The van der Waals surface area contributed by atoms with Crippen LogP contribution in [-0.4, -0.2) is 40.0 Å². The lowest BCUT2D eigenvalue weighted by atomic mass is 10.1. The number of rotatable bonds is 9. The first-order valence-electron chi connectivity index (χ1n) is 9.14. The summed E-state index contributed by atoms with van der Waals surface area (Å²) in [6, 6.07) is 4.31. The van der Waals surface area contributed by atoms with Gasteiger partial charge < -0.3 is 20.3 Å². The molecule has 4 N–H and O–H groups in total. The molecule has 2 aromatic rings. The molecule has 0 saturated heterocycles. The SMILES string of the molecule is CC(=N)NCCC[C@H](NC(=O)c1cccn(Cc2cc(F)cc(F)c2)c1=O)C(=O)O. The molecule has 1 aromatic carbocycles. The van der Waals surface area contributed by atoms with Gasteiger partial charge in [-0.3, -0.25) is 15.0 Å². The highest BCUT2D eigenvalue weighted by atomic mass is 19.1. The maximum absolute atomic E-state index is 13.4. The van der Waals surface area contributed by atoms with E-state index in [4.69, 9.17) is 5.41 Å². The van der Waals surface area contributed by atoms with Gasteiger partial charge in [-0.15, -0.1) is 0 Å². The van der Waals surface area contributed by atoms with Crippen molar-refractivity contribution in [2.75, 3.05) is 6.54 Å². The molecule has 1 heterocycles. The predicted molar refractivity (Wildman–Crippen MR) is 106 cm³/mol. The van der Waals surface area contributed by atoms with E-state index in [-0.39, 0.29) is 29.9 Å². The smallest absolute Gasteiger partial charge is 0.326 e. The van der Waals surface area contributed by atoms with E-state index in [2.05, 4.69) is 10.6 Å². The van der Waals surface area contributed by atoms with Crippen LogP contribution in [0.5, 0.6) is 0 Å². The van der Waals surface area contributed by atoms with Crippen molar-refractivity contribution in [1.29, 1.82) is 5.41 Å². The lowest BCUT2D eigenvalue weighted by Crippen LogP contribution is -2.43. The van der Waals surface area contributed by atoms with E-state index in [1.54, 1.807) is 6.92 Å². The summed E-state index contributed by atoms with van der Waals surface area (Å²) >= 11 is 0. The van der Waals surface area contributed by atoms with Crippen molar-refractivity contribution >= 4 is 17.7 Å². The number of nitrogens with zero attached hydrogens (tertiary/aromatic N) is 1. The summed E-state index contributed by atoms with van der Waals surface area (Å²) in [6.07, 6.45) is 1.85. The number of carboxylic acids is 1. The predicted octanol–water partition coefficient (Wildman–Crippen LogP) is 1.72. The van der Waals surface area contributed by atoms with Crippen LogP contribution in [0.4, 0.5) is 8.78 Å². The highest BCUT2D eigenvalue weighted by Gasteiger charge is 2.22. The number of halogens is 2. The highest BCUT2D eigenvalue weighted by molar-refractivity contribution is 5.96. The molecule has 0 saturated carbocycles. The summed E-state index contributed by atoms with van der Waals surface area (Å²) in [5.41, 5.74) is -0.802. The van der Waals surface area contributed by atoms with E-state index in [1.165, 1.54) is 18.3 Å². The molecule has 1 amide bonds. The van der Waals surface area contributed by atoms with Gasteiger partial charge in [-0.1, -0.05) is 0 Å². The van der Waals surface area contributed by atoms with E-state index in [0.29, 0.717) is 19.0 Å². The minimum Gasteiger partial charge on any atom is -0.480 e. The zero-order valence-electron chi connectivity index (χ0n) is 16.2. The first-order chi connectivity index (χ1) is 14.2. The van der Waals surface area contributed by atoms with Crippen molar-refractivity contribution in [2.45, 2.75) is 32.4 Å². The van der Waals surface area contributed by atoms with Crippen LogP contribution in [0.1, 0.15) is 35.7 Å². The van der Waals surface area contributed by atoms with Crippen LogP contribution in [0, 0.1) is 17.0 Å². The number of aliphatic carboxylic acids is 1. The summed E-state index contributed by atoms with van der Waals surface area (Å²) in [7, 11) is 0. The number of hydrogen-bond acceptors (Lipinski definition) is 4. The number of amides is 1. The summed E-state index contributed by atoms with van der Waals surface area (Å²) in [5.74, 6) is -3.44. The minimum absolute atomic E-state index is 0.102. The average molecular weight is 420 g/mol. The van der Waals surface area contributed by atoms with Gasteiger partial charge in [-0.2, -0.15) is 0 Å². The molecule has 0 spiro atoms. The lowest BCUT2D eigenvalue weighted by molar-refractivity contribution is -0.139. The fourth-order valence-corrected chi connectivity index (χ4v) is 2.81. The Balaban J connectivity index is 2.13. The standard InChI is InChI=1S/C20H22F2N4O4/c1-12(23)24-6-2-5-17(20(29)30)25-18(27)16-4-3-7-26(19(16)28)11-13-8-14(21)10-15(22)9-13/h3-4,7-10,17H,2,5-6,11H2,1H3,(H2,23,24)(H,25,27)(H,29,30)/t17-/m0/s1. The summed E-state index contributed by atoms with van der Waals surface area (Å²) in [4.78, 5) is 36.5. The van der Waals surface area contributed by atoms with Crippen molar-refractivity contribution < 1.29 is 23.5 Å². The first-order valence-corrected chi connectivity index (χ1v) is 9.14. The molecule has 160 valence electrons. The number of nitrogens with one attached hydrogen (secondary N) is 3. The summed E-state index contributed by atoms with van der Waals surface area (Å²) < 4.78 is 27.8. The molecule has 0 aliphatic heterocycles. The number of carbonyl (C=O) groups is 2. The Labute approximate surface area is 171 Å². The monoisotopic (exact) mass is 420 g/mol. The molecule has 8 nitrogen and oxygen atoms in total. The fourth-order valence-electron chi connectivity index (χ4n) is 2.81. The highest BCUT2D eigenvalue weighted by Crippen LogP contribution is 2.09. The van der Waals surface area contributed by atoms with Crippen molar-refractivity contribution in [3.8, 4) is 0 Å².